The summed E-state index contributed by atoms with van der Waals surface area (Å²) in [5.74, 6) is -1.20. The van der Waals surface area contributed by atoms with Crippen molar-refractivity contribution < 1.29 is 9.59 Å². The summed E-state index contributed by atoms with van der Waals surface area (Å²) in [6.07, 6.45) is 1.04. The highest BCUT2D eigenvalue weighted by Gasteiger charge is 2.34. The second-order valence-electron chi connectivity index (χ2n) is 7.56. The summed E-state index contributed by atoms with van der Waals surface area (Å²) in [5, 5.41) is 0. The summed E-state index contributed by atoms with van der Waals surface area (Å²) in [7, 11) is 0. The molecule has 3 rings (SSSR count). The summed E-state index contributed by atoms with van der Waals surface area (Å²) in [4.78, 5) is 28.1. The van der Waals surface area contributed by atoms with Crippen LogP contribution in [0.2, 0.25) is 0 Å². The Balaban J connectivity index is 2.05. The highest BCUT2D eigenvalue weighted by Crippen LogP contribution is 2.29. The fourth-order valence-corrected chi connectivity index (χ4v) is 3.82. The summed E-state index contributed by atoms with van der Waals surface area (Å²) >= 11 is 0. The first-order chi connectivity index (χ1) is 15.1. The topological polar surface area (TPSA) is 89.4 Å². The third-order valence-corrected chi connectivity index (χ3v) is 5.38. The van der Waals surface area contributed by atoms with Crippen molar-refractivity contribution >= 4 is 11.8 Å². The van der Waals surface area contributed by atoms with Gasteiger partial charge in [-0.15, -0.1) is 0 Å². The number of rotatable bonds is 10. The molecule has 0 aliphatic carbocycles. The molecule has 4 N–H and O–H groups in total. The van der Waals surface area contributed by atoms with Gasteiger partial charge in [0, 0.05) is 6.54 Å². The third-order valence-electron chi connectivity index (χ3n) is 5.38. The van der Waals surface area contributed by atoms with Crippen molar-refractivity contribution in [1.82, 2.24) is 4.90 Å². The fourth-order valence-electron chi connectivity index (χ4n) is 3.82. The van der Waals surface area contributed by atoms with Gasteiger partial charge < -0.3 is 16.4 Å². The zero-order chi connectivity index (χ0) is 22.1. The number of carbonyl (C=O) groups is 2. The van der Waals surface area contributed by atoms with Crippen molar-refractivity contribution in [3.8, 4) is 0 Å². The Labute approximate surface area is 183 Å². The number of primary amides is 1. The average Bonchev–Trinajstić information content (AvgIpc) is 2.80. The molecular formula is C26H29N3O2. The Hall–Kier alpha value is -3.44. The number of nitrogens with two attached hydrogens (primary N) is 2. The molecule has 3 aromatic carbocycles. The second-order valence-corrected chi connectivity index (χ2v) is 7.56. The van der Waals surface area contributed by atoms with Crippen molar-refractivity contribution in [2.24, 2.45) is 11.5 Å². The van der Waals surface area contributed by atoms with Gasteiger partial charge in [-0.3, -0.25) is 9.59 Å². The Morgan fingerprint density at radius 1 is 0.774 bits per heavy atom. The lowest BCUT2D eigenvalue weighted by Gasteiger charge is -2.33. The molecule has 0 spiro atoms. The second kappa shape index (κ2) is 11.1. The largest absolute Gasteiger partial charge is 0.368 e. The molecule has 0 aliphatic rings. The van der Waals surface area contributed by atoms with Gasteiger partial charge in [0.25, 0.3) is 0 Å². The van der Waals surface area contributed by atoms with Crippen molar-refractivity contribution in [2.75, 3.05) is 6.54 Å². The molecule has 0 fully saturated rings. The maximum absolute atomic E-state index is 14.0. The molecule has 2 amide bonds. The highest BCUT2D eigenvalue weighted by atomic mass is 16.2. The van der Waals surface area contributed by atoms with Gasteiger partial charge in [0.05, 0.1) is 5.92 Å². The molecule has 0 bridgehead atoms. The molecule has 0 heterocycles. The number of hydrogen-bond donors (Lipinski definition) is 2. The molecule has 0 saturated heterocycles. The molecule has 160 valence electrons. The van der Waals surface area contributed by atoms with Gasteiger partial charge in [0.15, 0.2) is 0 Å². The van der Waals surface area contributed by atoms with Crippen LogP contribution in [0.15, 0.2) is 91.0 Å². The van der Waals surface area contributed by atoms with Crippen LogP contribution in [0.3, 0.4) is 0 Å². The number of amides is 2. The van der Waals surface area contributed by atoms with Crippen LogP contribution in [-0.4, -0.2) is 29.3 Å². The number of carbonyl (C=O) groups excluding carboxylic acids is 2. The number of hydrogen-bond acceptors (Lipinski definition) is 3. The summed E-state index contributed by atoms with van der Waals surface area (Å²) in [6, 6.07) is 28.2. The zero-order valence-electron chi connectivity index (χ0n) is 17.6. The molecule has 0 aliphatic heterocycles. The molecule has 0 saturated carbocycles. The third kappa shape index (κ3) is 5.80. The lowest BCUT2D eigenvalue weighted by atomic mass is 9.89. The summed E-state index contributed by atoms with van der Waals surface area (Å²) in [6.45, 7) is 0.728. The van der Waals surface area contributed by atoms with Gasteiger partial charge >= 0.3 is 0 Å². The number of benzene rings is 3. The Kier molecular flexibility index (Phi) is 7.96. The van der Waals surface area contributed by atoms with Crippen molar-refractivity contribution in [1.29, 1.82) is 0 Å². The van der Waals surface area contributed by atoms with Gasteiger partial charge in [0.2, 0.25) is 11.8 Å². The SMILES string of the molecule is NCCC[C@H](C(N)=O)N(Cc1ccccc1)C(=O)C(c1ccccc1)c1ccccc1. The summed E-state index contributed by atoms with van der Waals surface area (Å²) in [5.41, 5.74) is 14.2. The van der Waals surface area contributed by atoms with Crippen LogP contribution in [0, 0.1) is 0 Å². The molecule has 0 aromatic heterocycles. The van der Waals surface area contributed by atoms with E-state index in [4.69, 9.17) is 11.5 Å². The van der Waals surface area contributed by atoms with Gasteiger partial charge in [-0.1, -0.05) is 91.0 Å². The van der Waals surface area contributed by atoms with Crippen LogP contribution in [0.1, 0.15) is 35.4 Å². The van der Waals surface area contributed by atoms with Gasteiger partial charge in [-0.2, -0.15) is 0 Å². The first-order valence-corrected chi connectivity index (χ1v) is 10.6. The minimum Gasteiger partial charge on any atom is -0.368 e. The Morgan fingerprint density at radius 2 is 1.26 bits per heavy atom. The normalized spacial score (nSPS) is 11.8. The highest BCUT2D eigenvalue weighted by molar-refractivity contribution is 5.92. The molecule has 0 unspecified atom stereocenters. The van der Waals surface area contributed by atoms with E-state index in [1.54, 1.807) is 4.90 Å². The Bertz CT molecular complexity index is 922. The standard InChI is InChI=1S/C26H29N3O2/c27-18-10-17-23(25(28)30)29(19-20-11-4-1-5-12-20)26(31)24(21-13-6-2-7-14-21)22-15-8-3-9-16-22/h1-9,11-16,23-24H,10,17-19,27H2,(H2,28,30)/t23-/m1/s1. The van der Waals surface area contributed by atoms with Crippen LogP contribution < -0.4 is 11.5 Å². The maximum Gasteiger partial charge on any atom is 0.240 e. The van der Waals surface area contributed by atoms with E-state index < -0.39 is 17.9 Å². The van der Waals surface area contributed by atoms with E-state index in [9.17, 15) is 9.59 Å². The summed E-state index contributed by atoms with van der Waals surface area (Å²) < 4.78 is 0. The molecule has 1 atom stereocenters. The van der Waals surface area contributed by atoms with Crippen LogP contribution in [0.5, 0.6) is 0 Å². The lowest BCUT2D eigenvalue weighted by molar-refractivity contribution is -0.141. The van der Waals surface area contributed by atoms with Gasteiger partial charge in [-0.25, -0.2) is 0 Å². The monoisotopic (exact) mass is 415 g/mol. The Morgan fingerprint density at radius 3 is 1.71 bits per heavy atom. The van der Waals surface area contributed by atoms with Crippen molar-refractivity contribution in [3.05, 3.63) is 108 Å². The van der Waals surface area contributed by atoms with E-state index in [1.807, 2.05) is 91.0 Å². The van der Waals surface area contributed by atoms with E-state index in [1.165, 1.54) is 0 Å². The van der Waals surface area contributed by atoms with Crippen LogP contribution >= 0.6 is 0 Å². The van der Waals surface area contributed by atoms with E-state index in [0.29, 0.717) is 25.9 Å². The van der Waals surface area contributed by atoms with Crippen LogP contribution in [-0.2, 0) is 16.1 Å². The minimum absolute atomic E-state index is 0.151. The average molecular weight is 416 g/mol. The van der Waals surface area contributed by atoms with E-state index in [2.05, 4.69) is 0 Å². The molecule has 5 nitrogen and oxygen atoms in total. The van der Waals surface area contributed by atoms with Gasteiger partial charge in [0.1, 0.15) is 6.04 Å². The number of nitrogens with zero attached hydrogens (tertiary/aromatic N) is 1. The van der Waals surface area contributed by atoms with E-state index >= 15 is 0 Å². The fraction of sp³-hybridized carbons (Fsp3) is 0.231. The molecular weight excluding hydrogens is 386 g/mol. The smallest absolute Gasteiger partial charge is 0.240 e. The molecule has 31 heavy (non-hydrogen) atoms. The first kappa shape index (κ1) is 22.2. The molecule has 0 radical (unpaired) electrons. The minimum atomic E-state index is -0.730. The quantitative estimate of drug-likeness (QED) is 0.532. The predicted molar refractivity (Wildman–Crippen MR) is 123 cm³/mol. The van der Waals surface area contributed by atoms with E-state index in [0.717, 1.165) is 16.7 Å². The maximum atomic E-state index is 14.0. The van der Waals surface area contributed by atoms with Crippen molar-refractivity contribution in [3.63, 3.8) is 0 Å². The van der Waals surface area contributed by atoms with Crippen molar-refractivity contribution in [2.45, 2.75) is 31.3 Å². The molecule has 5 heteroatoms. The lowest BCUT2D eigenvalue weighted by Crippen LogP contribution is -2.49. The van der Waals surface area contributed by atoms with E-state index in [-0.39, 0.29) is 5.91 Å². The van der Waals surface area contributed by atoms with Crippen LogP contribution in [0.4, 0.5) is 0 Å². The van der Waals surface area contributed by atoms with Gasteiger partial charge in [-0.05, 0) is 36.1 Å². The molecule has 3 aromatic rings. The zero-order valence-corrected chi connectivity index (χ0v) is 17.6. The van der Waals surface area contributed by atoms with Crippen LogP contribution in [0.25, 0.3) is 0 Å². The predicted octanol–water partition coefficient (Wildman–Crippen LogP) is 3.44. The first-order valence-electron chi connectivity index (χ1n) is 10.6.